The smallest absolute Gasteiger partial charge is 0.279 e. The van der Waals surface area contributed by atoms with Crippen molar-refractivity contribution in [1.29, 1.82) is 0 Å². The van der Waals surface area contributed by atoms with E-state index in [0.717, 1.165) is 23.3 Å². The van der Waals surface area contributed by atoms with Gasteiger partial charge in [-0.15, -0.1) is 11.3 Å². The number of hydrazine groups is 1. The molecule has 26 heavy (non-hydrogen) atoms. The monoisotopic (exact) mass is 370 g/mol. The predicted octanol–water partition coefficient (Wildman–Crippen LogP) is 3.66. The Labute approximate surface area is 157 Å². The Morgan fingerprint density at radius 3 is 2.58 bits per heavy atom. The molecule has 1 heterocycles. The van der Waals surface area contributed by atoms with Crippen molar-refractivity contribution in [3.63, 3.8) is 0 Å². The summed E-state index contributed by atoms with van der Waals surface area (Å²) in [5.74, 6) is 0.00838. The first-order chi connectivity index (χ1) is 12.5. The highest BCUT2D eigenvalue weighted by Crippen LogP contribution is 2.22. The van der Waals surface area contributed by atoms with Crippen LogP contribution in [0.3, 0.4) is 0 Å². The van der Waals surface area contributed by atoms with E-state index in [4.69, 9.17) is 4.74 Å². The van der Waals surface area contributed by atoms with Crippen molar-refractivity contribution in [2.24, 2.45) is 0 Å². The van der Waals surface area contributed by atoms with E-state index in [2.05, 4.69) is 17.4 Å². The molecular formula is C20H22N2O3S. The van der Waals surface area contributed by atoms with E-state index in [1.807, 2.05) is 44.2 Å². The molecule has 0 atom stereocenters. The van der Waals surface area contributed by atoms with Crippen LogP contribution in [0.15, 0.2) is 49.1 Å². The van der Waals surface area contributed by atoms with Gasteiger partial charge in [-0.25, -0.2) is 0 Å². The fourth-order valence-corrected chi connectivity index (χ4v) is 3.22. The molecule has 2 N–H and O–H groups in total. The van der Waals surface area contributed by atoms with Crippen LogP contribution in [0.4, 0.5) is 0 Å². The van der Waals surface area contributed by atoms with Crippen molar-refractivity contribution in [1.82, 2.24) is 10.9 Å². The third kappa shape index (κ3) is 5.60. The number of hydrogen-bond acceptors (Lipinski definition) is 4. The highest BCUT2D eigenvalue weighted by molar-refractivity contribution is 7.14. The lowest BCUT2D eigenvalue weighted by molar-refractivity contribution is -0.117. The Kier molecular flexibility index (Phi) is 7.17. The number of ether oxygens (including phenoxy) is 1. The topological polar surface area (TPSA) is 67.4 Å². The number of amides is 2. The third-order valence-electron chi connectivity index (χ3n) is 3.54. The lowest BCUT2D eigenvalue weighted by atomic mass is 10.2. The van der Waals surface area contributed by atoms with Crippen LogP contribution in [0.5, 0.6) is 5.75 Å². The van der Waals surface area contributed by atoms with E-state index >= 15 is 0 Å². The summed E-state index contributed by atoms with van der Waals surface area (Å²) >= 11 is 1.44. The number of carbonyl (C=O) groups is 2. The molecule has 0 saturated heterocycles. The predicted molar refractivity (Wildman–Crippen MR) is 105 cm³/mol. The molecule has 0 unspecified atom stereocenters. The van der Waals surface area contributed by atoms with Crippen molar-refractivity contribution in [2.45, 2.75) is 20.3 Å². The number of carbonyl (C=O) groups excluding carboxylic acids is 2. The molecule has 2 amide bonds. The summed E-state index contributed by atoms with van der Waals surface area (Å²) in [4.78, 5) is 25.7. The van der Waals surface area contributed by atoms with Crippen LogP contribution in [0.1, 0.15) is 32.6 Å². The normalized spacial score (nSPS) is 10.5. The van der Waals surface area contributed by atoms with E-state index in [1.54, 1.807) is 12.2 Å². The van der Waals surface area contributed by atoms with Gasteiger partial charge in [0.2, 0.25) is 0 Å². The minimum atomic E-state index is -0.408. The first-order valence-electron chi connectivity index (χ1n) is 8.25. The van der Waals surface area contributed by atoms with Crippen LogP contribution in [0.25, 0.3) is 6.08 Å². The molecule has 0 aliphatic rings. The summed E-state index contributed by atoms with van der Waals surface area (Å²) in [5, 5.41) is 0. The van der Waals surface area contributed by atoms with Crippen molar-refractivity contribution < 1.29 is 14.3 Å². The van der Waals surface area contributed by atoms with Crippen molar-refractivity contribution in [3.05, 3.63) is 69.9 Å². The maximum atomic E-state index is 12.1. The molecule has 0 fully saturated rings. The van der Waals surface area contributed by atoms with E-state index in [1.165, 1.54) is 22.3 Å². The van der Waals surface area contributed by atoms with E-state index in [-0.39, 0.29) is 5.91 Å². The molecule has 1 aromatic heterocycles. The Hall–Kier alpha value is -2.86. The van der Waals surface area contributed by atoms with Crippen LogP contribution in [-0.4, -0.2) is 18.4 Å². The van der Waals surface area contributed by atoms with Crippen molar-refractivity contribution in [3.8, 4) is 5.75 Å². The zero-order valence-electron chi connectivity index (χ0n) is 14.9. The largest absolute Gasteiger partial charge is 0.490 e. The summed E-state index contributed by atoms with van der Waals surface area (Å²) in [6.45, 7) is 8.06. The molecule has 5 nitrogen and oxygen atoms in total. The summed E-state index contributed by atoms with van der Waals surface area (Å²) in [6.07, 6.45) is 5.57. The van der Waals surface area contributed by atoms with Gasteiger partial charge < -0.3 is 4.74 Å². The molecular weight excluding hydrogens is 348 g/mol. The van der Waals surface area contributed by atoms with Gasteiger partial charge in [0.25, 0.3) is 11.8 Å². The molecule has 0 saturated carbocycles. The standard InChI is InChI=1S/C20H22N2O3S/c1-4-12-25-16-9-6-15(7-10-16)8-11-19(23)21-22-20(24)18-13-14(3)17(5-2)26-18/h4,6-11,13H,1,5,12H2,2-3H3,(H,21,23)(H,22,24)/b11-8+. The van der Waals surface area contributed by atoms with Gasteiger partial charge in [0.1, 0.15) is 12.4 Å². The van der Waals surface area contributed by atoms with Gasteiger partial charge in [-0.05, 0) is 48.7 Å². The Bertz CT molecular complexity index is 807. The SMILES string of the molecule is C=CCOc1ccc(/C=C/C(=O)NNC(=O)c2cc(C)c(CC)s2)cc1. The summed E-state index contributed by atoms with van der Waals surface area (Å²) in [6, 6.07) is 9.13. The number of benzene rings is 1. The molecule has 1 aromatic carbocycles. The lowest BCUT2D eigenvalue weighted by Crippen LogP contribution is -2.40. The van der Waals surface area contributed by atoms with Gasteiger partial charge in [-0.1, -0.05) is 31.7 Å². The second-order valence-electron chi connectivity index (χ2n) is 5.52. The minimum absolute atomic E-state index is 0.316. The lowest BCUT2D eigenvalue weighted by Gasteiger charge is -2.04. The first kappa shape index (κ1) is 19.5. The average Bonchev–Trinajstić information content (AvgIpc) is 3.04. The van der Waals surface area contributed by atoms with Gasteiger partial charge in [0, 0.05) is 11.0 Å². The number of nitrogens with one attached hydrogen (secondary N) is 2. The summed E-state index contributed by atoms with van der Waals surface area (Å²) in [5.41, 5.74) is 6.74. The van der Waals surface area contributed by atoms with Gasteiger partial charge in [0.05, 0.1) is 4.88 Å². The average molecular weight is 370 g/mol. The van der Waals surface area contributed by atoms with Crippen LogP contribution in [-0.2, 0) is 11.2 Å². The fourth-order valence-electron chi connectivity index (χ4n) is 2.21. The quantitative estimate of drug-likeness (QED) is 0.444. The van der Waals surface area contributed by atoms with Crippen LogP contribution >= 0.6 is 11.3 Å². The van der Waals surface area contributed by atoms with Gasteiger partial charge in [0.15, 0.2) is 0 Å². The third-order valence-corrected chi connectivity index (χ3v) is 4.92. The fraction of sp³-hybridized carbons (Fsp3) is 0.200. The first-order valence-corrected chi connectivity index (χ1v) is 9.06. The van der Waals surface area contributed by atoms with Crippen LogP contribution < -0.4 is 15.6 Å². The second kappa shape index (κ2) is 9.58. The zero-order valence-corrected chi connectivity index (χ0v) is 15.7. The molecule has 2 rings (SSSR count). The van der Waals surface area contributed by atoms with E-state index < -0.39 is 5.91 Å². The number of thiophene rings is 1. The summed E-state index contributed by atoms with van der Waals surface area (Å²) in [7, 11) is 0. The Morgan fingerprint density at radius 2 is 1.96 bits per heavy atom. The Balaban J connectivity index is 1.84. The van der Waals surface area contributed by atoms with Crippen molar-refractivity contribution in [2.75, 3.05) is 6.61 Å². The van der Waals surface area contributed by atoms with E-state index in [0.29, 0.717) is 11.5 Å². The number of aryl methyl sites for hydroxylation is 2. The molecule has 136 valence electrons. The van der Waals surface area contributed by atoms with Crippen LogP contribution in [0, 0.1) is 6.92 Å². The second-order valence-corrected chi connectivity index (χ2v) is 6.65. The molecule has 0 spiro atoms. The number of rotatable bonds is 7. The molecule has 2 aromatic rings. The number of hydrogen-bond donors (Lipinski definition) is 2. The molecule has 0 bridgehead atoms. The Morgan fingerprint density at radius 1 is 1.23 bits per heavy atom. The zero-order chi connectivity index (χ0) is 18.9. The molecule has 6 heteroatoms. The molecule has 0 aliphatic heterocycles. The highest BCUT2D eigenvalue weighted by Gasteiger charge is 2.11. The van der Waals surface area contributed by atoms with Crippen molar-refractivity contribution >= 4 is 29.2 Å². The van der Waals surface area contributed by atoms with Crippen LogP contribution in [0.2, 0.25) is 0 Å². The highest BCUT2D eigenvalue weighted by atomic mass is 32.1. The van der Waals surface area contributed by atoms with E-state index in [9.17, 15) is 9.59 Å². The minimum Gasteiger partial charge on any atom is -0.490 e. The van der Waals surface area contributed by atoms with Gasteiger partial charge >= 0.3 is 0 Å². The maximum absolute atomic E-state index is 12.1. The molecule has 0 radical (unpaired) electrons. The molecule has 0 aliphatic carbocycles. The maximum Gasteiger partial charge on any atom is 0.279 e. The van der Waals surface area contributed by atoms with Gasteiger partial charge in [-0.2, -0.15) is 0 Å². The van der Waals surface area contributed by atoms with Gasteiger partial charge in [-0.3, -0.25) is 20.4 Å². The summed E-state index contributed by atoms with van der Waals surface area (Å²) < 4.78 is 5.39.